The van der Waals surface area contributed by atoms with E-state index in [0.717, 1.165) is 44.8 Å². The van der Waals surface area contributed by atoms with Gasteiger partial charge in [-0.1, -0.05) is 48.2 Å². The summed E-state index contributed by atoms with van der Waals surface area (Å²) in [5.74, 6) is 0.945. The SMILES string of the molecule is Cc1ccccc1NC(=O)CSc1ncnc2nc(N3CCC[C@H](C)C3)sc12. The first kappa shape index (κ1) is 19.1. The van der Waals surface area contributed by atoms with Crippen LogP contribution in [0.1, 0.15) is 25.3 Å². The third-order valence-corrected chi connectivity index (χ3v) is 7.06. The number of nitrogens with zero attached hydrogens (tertiary/aromatic N) is 4. The number of thioether (sulfide) groups is 1. The summed E-state index contributed by atoms with van der Waals surface area (Å²) in [6.45, 7) is 6.35. The van der Waals surface area contributed by atoms with Crippen LogP contribution in [0.5, 0.6) is 0 Å². The van der Waals surface area contributed by atoms with Crippen molar-refractivity contribution < 1.29 is 4.79 Å². The second kappa shape index (κ2) is 8.45. The minimum Gasteiger partial charge on any atom is -0.348 e. The highest BCUT2D eigenvalue weighted by Gasteiger charge is 2.21. The predicted octanol–water partition coefficient (Wildman–Crippen LogP) is 4.36. The molecule has 1 aliphatic heterocycles. The van der Waals surface area contributed by atoms with E-state index in [0.29, 0.717) is 11.7 Å². The standard InChI is InChI=1S/C20H23N5OS2/c1-13-6-5-9-25(10-13)20-24-18-17(28-20)19(22-12-21-18)27-11-16(26)23-15-8-4-3-7-14(15)2/h3-4,7-8,12-13H,5-6,9-11H2,1-2H3,(H,23,26)/t13-/m0/s1. The van der Waals surface area contributed by atoms with Crippen molar-refractivity contribution >= 4 is 50.2 Å². The Morgan fingerprint density at radius 3 is 3.04 bits per heavy atom. The summed E-state index contributed by atoms with van der Waals surface area (Å²) < 4.78 is 0.962. The molecule has 8 heteroatoms. The highest BCUT2D eigenvalue weighted by molar-refractivity contribution is 8.00. The van der Waals surface area contributed by atoms with Crippen molar-refractivity contribution in [3.8, 4) is 0 Å². The Bertz CT molecular complexity index is 990. The third-order valence-electron chi connectivity index (χ3n) is 4.83. The normalized spacial score (nSPS) is 17.1. The molecule has 1 amide bonds. The van der Waals surface area contributed by atoms with Gasteiger partial charge in [-0.15, -0.1) is 0 Å². The van der Waals surface area contributed by atoms with Gasteiger partial charge in [-0.05, 0) is 37.3 Å². The number of benzene rings is 1. The Labute approximate surface area is 172 Å². The molecule has 1 aromatic carbocycles. The smallest absolute Gasteiger partial charge is 0.234 e. The van der Waals surface area contributed by atoms with Gasteiger partial charge in [-0.2, -0.15) is 4.98 Å². The maximum Gasteiger partial charge on any atom is 0.234 e. The second-order valence-corrected chi connectivity index (χ2v) is 9.11. The van der Waals surface area contributed by atoms with E-state index in [9.17, 15) is 4.79 Å². The predicted molar refractivity (Wildman–Crippen MR) is 116 cm³/mol. The van der Waals surface area contributed by atoms with E-state index in [1.165, 1.54) is 30.9 Å². The molecule has 3 aromatic rings. The van der Waals surface area contributed by atoms with Gasteiger partial charge in [0.2, 0.25) is 5.91 Å². The number of para-hydroxylation sites is 1. The summed E-state index contributed by atoms with van der Waals surface area (Å²) in [5, 5.41) is 4.79. The van der Waals surface area contributed by atoms with Crippen LogP contribution >= 0.6 is 23.1 Å². The van der Waals surface area contributed by atoms with Crippen LogP contribution in [0.4, 0.5) is 10.8 Å². The van der Waals surface area contributed by atoms with Crippen LogP contribution in [0.3, 0.4) is 0 Å². The molecule has 1 aliphatic rings. The summed E-state index contributed by atoms with van der Waals surface area (Å²) in [6, 6.07) is 7.78. The number of hydrogen-bond acceptors (Lipinski definition) is 7. The number of carbonyl (C=O) groups excluding carboxylic acids is 1. The first-order valence-corrected chi connectivity index (χ1v) is 11.2. The fourth-order valence-corrected chi connectivity index (χ4v) is 5.28. The van der Waals surface area contributed by atoms with Crippen molar-refractivity contribution in [3.63, 3.8) is 0 Å². The maximum absolute atomic E-state index is 12.4. The molecule has 0 bridgehead atoms. The Hall–Kier alpha value is -2.19. The van der Waals surface area contributed by atoms with E-state index in [1.807, 2.05) is 31.2 Å². The minimum absolute atomic E-state index is 0.0411. The van der Waals surface area contributed by atoms with Crippen molar-refractivity contribution in [1.29, 1.82) is 0 Å². The summed E-state index contributed by atoms with van der Waals surface area (Å²) in [5.41, 5.74) is 2.61. The Balaban J connectivity index is 1.46. The van der Waals surface area contributed by atoms with Crippen molar-refractivity contribution in [2.45, 2.75) is 31.7 Å². The van der Waals surface area contributed by atoms with Crippen molar-refractivity contribution in [2.24, 2.45) is 5.92 Å². The largest absolute Gasteiger partial charge is 0.348 e. The lowest BCUT2D eigenvalue weighted by Crippen LogP contribution is -2.34. The molecule has 28 heavy (non-hydrogen) atoms. The molecule has 0 unspecified atom stereocenters. The number of aromatic nitrogens is 3. The summed E-state index contributed by atoms with van der Waals surface area (Å²) in [7, 11) is 0. The zero-order valence-corrected chi connectivity index (χ0v) is 17.6. The number of fused-ring (bicyclic) bond motifs is 1. The molecule has 4 rings (SSSR count). The van der Waals surface area contributed by atoms with Gasteiger partial charge in [0.1, 0.15) is 16.1 Å². The first-order valence-electron chi connectivity index (χ1n) is 9.45. The molecular formula is C20H23N5OS2. The highest BCUT2D eigenvalue weighted by Crippen LogP contribution is 2.35. The van der Waals surface area contributed by atoms with Crippen LogP contribution in [-0.4, -0.2) is 39.7 Å². The average molecular weight is 414 g/mol. The van der Waals surface area contributed by atoms with E-state index in [1.54, 1.807) is 11.3 Å². The van der Waals surface area contributed by atoms with Gasteiger partial charge in [-0.25, -0.2) is 9.97 Å². The number of carbonyl (C=O) groups is 1. The van der Waals surface area contributed by atoms with E-state index < -0.39 is 0 Å². The summed E-state index contributed by atoms with van der Waals surface area (Å²) >= 11 is 3.06. The number of amides is 1. The minimum atomic E-state index is -0.0411. The monoisotopic (exact) mass is 413 g/mol. The molecule has 0 saturated carbocycles. The number of nitrogens with one attached hydrogen (secondary N) is 1. The quantitative estimate of drug-likeness (QED) is 0.495. The van der Waals surface area contributed by atoms with Crippen LogP contribution in [0.15, 0.2) is 35.6 Å². The van der Waals surface area contributed by atoms with Crippen LogP contribution in [0.25, 0.3) is 10.3 Å². The second-order valence-electron chi connectivity index (χ2n) is 7.17. The topological polar surface area (TPSA) is 71.0 Å². The van der Waals surface area contributed by atoms with Gasteiger partial charge in [0.15, 0.2) is 10.8 Å². The molecular weight excluding hydrogens is 390 g/mol. The summed E-state index contributed by atoms with van der Waals surface area (Å²) in [4.78, 5) is 28.2. The lowest BCUT2D eigenvalue weighted by Gasteiger charge is -2.30. The number of piperidine rings is 1. The molecule has 2 aromatic heterocycles. The number of anilines is 2. The van der Waals surface area contributed by atoms with Crippen molar-refractivity contribution in [1.82, 2.24) is 15.0 Å². The first-order chi connectivity index (χ1) is 13.6. The van der Waals surface area contributed by atoms with Gasteiger partial charge in [0.25, 0.3) is 0 Å². The Kier molecular flexibility index (Phi) is 5.77. The van der Waals surface area contributed by atoms with Gasteiger partial charge < -0.3 is 10.2 Å². The van der Waals surface area contributed by atoms with Crippen molar-refractivity contribution in [2.75, 3.05) is 29.1 Å². The highest BCUT2D eigenvalue weighted by atomic mass is 32.2. The molecule has 0 spiro atoms. The molecule has 0 aliphatic carbocycles. The van der Waals surface area contributed by atoms with Crippen molar-refractivity contribution in [3.05, 3.63) is 36.2 Å². The van der Waals surface area contributed by atoms with Crippen LogP contribution in [0.2, 0.25) is 0 Å². The third kappa shape index (κ3) is 4.28. The lowest BCUT2D eigenvalue weighted by atomic mass is 10.0. The zero-order valence-electron chi connectivity index (χ0n) is 16.0. The fourth-order valence-electron chi connectivity index (χ4n) is 3.36. The number of aryl methyl sites for hydroxylation is 1. The summed E-state index contributed by atoms with van der Waals surface area (Å²) in [6.07, 6.45) is 4.01. The van der Waals surface area contributed by atoms with Gasteiger partial charge in [0.05, 0.1) is 5.75 Å². The maximum atomic E-state index is 12.4. The number of hydrogen-bond donors (Lipinski definition) is 1. The molecule has 1 N–H and O–H groups in total. The van der Waals surface area contributed by atoms with Gasteiger partial charge >= 0.3 is 0 Å². The van der Waals surface area contributed by atoms with E-state index in [4.69, 9.17) is 4.98 Å². The molecule has 3 heterocycles. The molecule has 1 fully saturated rings. The average Bonchev–Trinajstić information content (AvgIpc) is 3.13. The van der Waals surface area contributed by atoms with Crippen LogP contribution in [-0.2, 0) is 4.79 Å². The fraction of sp³-hybridized carbons (Fsp3) is 0.400. The van der Waals surface area contributed by atoms with Gasteiger partial charge in [-0.3, -0.25) is 4.79 Å². The molecule has 1 atom stereocenters. The molecule has 146 valence electrons. The Morgan fingerprint density at radius 2 is 2.21 bits per heavy atom. The van der Waals surface area contributed by atoms with Gasteiger partial charge in [0, 0.05) is 18.8 Å². The van der Waals surface area contributed by atoms with E-state index in [2.05, 4.69) is 27.1 Å². The molecule has 0 radical (unpaired) electrons. The Morgan fingerprint density at radius 1 is 1.36 bits per heavy atom. The number of thiazole rings is 1. The number of rotatable bonds is 5. The molecule has 1 saturated heterocycles. The van der Waals surface area contributed by atoms with E-state index >= 15 is 0 Å². The lowest BCUT2D eigenvalue weighted by molar-refractivity contribution is -0.113. The van der Waals surface area contributed by atoms with E-state index in [-0.39, 0.29) is 5.91 Å². The molecule has 6 nitrogen and oxygen atoms in total. The zero-order chi connectivity index (χ0) is 19.5. The van der Waals surface area contributed by atoms with Crippen LogP contribution < -0.4 is 10.2 Å². The van der Waals surface area contributed by atoms with Crippen LogP contribution in [0, 0.1) is 12.8 Å².